The Morgan fingerprint density at radius 3 is 2.73 bits per heavy atom. The maximum absolute atomic E-state index is 13.2. The number of aryl methyl sites for hydroxylation is 1. The molecule has 78 valence electrons. The largest absolute Gasteiger partial charge is 0.494 e. The molecule has 15 heavy (non-hydrogen) atoms. The zero-order chi connectivity index (χ0) is 11.0. The third-order valence-corrected chi connectivity index (χ3v) is 2.30. The first-order chi connectivity index (χ1) is 7.11. The molecular formula is C10H8ClFN2O. The van der Waals surface area contributed by atoms with Gasteiger partial charge in [-0.1, -0.05) is 11.6 Å². The van der Waals surface area contributed by atoms with Gasteiger partial charge in [0.05, 0.1) is 7.11 Å². The number of hydrogen-bond donors (Lipinski definition) is 0. The van der Waals surface area contributed by atoms with Crippen molar-refractivity contribution in [2.24, 2.45) is 0 Å². The van der Waals surface area contributed by atoms with Gasteiger partial charge in [0.15, 0.2) is 0 Å². The molecule has 1 heterocycles. The fourth-order valence-electron chi connectivity index (χ4n) is 1.39. The van der Waals surface area contributed by atoms with Crippen LogP contribution in [0.1, 0.15) is 5.82 Å². The second kappa shape index (κ2) is 3.62. The number of hydrogen-bond acceptors (Lipinski definition) is 3. The first-order valence-corrected chi connectivity index (χ1v) is 4.67. The van der Waals surface area contributed by atoms with Gasteiger partial charge < -0.3 is 4.74 Å². The zero-order valence-electron chi connectivity index (χ0n) is 8.21. The lowest BCUT2D eigenvalue weighted by Crippen LogP contribution is -1.94. The normalized spacial score (nSPS) is 10.7. The number of aromatic nitrogens is 2. The standard InChI is InChI=1S/C10H8ClFN2O/c1-5-13-9-7(10(11)14-5)3-6(12)4-8(9)15-2/h3-4H,1-2H3. The summed E-state index contributed by atoms with van der Waals surface area (Å²) in [5.41, 5.74) is 0.524. The molecule has 1 aromatic carbocycles. The Hall–Kier alpha value is -1.42. The number of benzene rings is 1. The average molecular weight is 227 g/mol. The summed E-state index contributed by atoms with van der Waals surface area (Å²) in [5.74, 6) is 0.462. The molecule has 0 amide bonds. The Bertz CT molecular complexity index is 530. The van der Waals surface area contributed by atoms with E-state index in [1.807, 2.05) is 0 Å². The highest BCUT2D eigenvalue weighted by molar-refractivity contribution is 6.34. The Kier molecular flexibility index (Phi) is 2.44. The van der Waals surface area contributed by atoms with Crippen LogP contribution in [0.4, 0.5) is 4.39 Å². The lowest BCUT2D eigenvalue weighted by molar-refractivity contribution is 0.415. The molecule has 0 radical (unpaired) electrons. The van der Waals surface area contributed by atoms with Crippen molar-refractivity contribution in [3.8, 4) is 5.75 Å². The van der Waals surface area contributed by atoms with Gasteiger partial charge in [-0.3, -0.25) is 0 Å². The number of rotatable bonds is 1. The van der Waals surface area contributed by atoms with E-state index in [2.05, 4.69) is 9.97 Å². The highest BCUT2D eigenvalue weighted by Gasteiger charge is 2.10. The molecule has 0 atom stereocenters. The van der Waals surface area contributed by atoms with Crippen LogP contribution in [0.15, 0.2) is 12.1 Å². The van der Waals surface area contributed by atoms with Crippen LogP contribution in [0.2, 0.25) is 5.15 Å². The van der Waals surface area contributed by atoms with Crippen molar-refractivity contribution in [2.75, 3.05) is 7.11 Å². The van der Waals surface area contributed by atoms with Crippen LogP contribution in [-0.4, -0.2) is 17.1 Å². The quantitative estimate of drug-likeness (QED) is 0.702. The molecule has 0 saturated heterocycles. The topological polar surface area (TPSA) is 35.0 Å². The van der Waals surface area contributed by atoms with Crippen LogP contribution >= 0.6 is 11.6 Å². The van der Waals surface area contributed by atoms with Crippen molar-refractivity contribution in [3.05, 3.63) is 28.9 Å². The fraction of sp³-hybridized carbons (Fsp3) is 0.200. The number of fused-ring (bicyclic) bond motifs is 1. The smallest absolute Gasteiger partial charge is 0.148 e. The molecule has 0 aliphatic carbocycles. The summed E-state index contributed by atoms with van der Waals surface area (Å²) in [4.78, 5) is 8.11. The van der Waals surface area contributed by atoms with Crippen LogP contribution < -0.4 is 4.74 Å². The molecule has 1 aromatic heterocycles. The molecule has 0 spiro atoms. The third kappa shape index (κ3) is 1.72. The van der Waals surface area contributed by atoms with Crippen LogP contribution in [0.5, 0.6) is 5.75 Å². The Morgan fingerprint density at radius 1 is 1.33 bits per heavy atom. The minimum Gasteiger partial charge on any atom is -0.494 e. The van der Waals surface area contributed by atoms with Gasteiger partial charge in [-0.05, 0) is 13.0 Å². The molecule has 0 unspecified atom stereocenters. The predicted molar refractivity (Wildman–Crippen MR) is 55.8 cm³/mol. The minimum absolute atomic E-state index is 0.232. The third-order valence-electron chi connectivity index (χ3n) is 2.02. The zero-order valence-corrected chi connectivity index (χ0v) is 8.97. The van der Waals surface area contributed by atoms with Crippen molar-refractivity contribution >= 4 is 22.5 Å². The van der Waals surface area contributed by atoms with E-state index in [1.54, 1.807) is 6.92 Å². The van der Waals surface area contributed by atoms with Crippen LogP contribution in [0.25, 0.3) is 10.9 Å². The molecule has 0 aliphatic rings. The van der Waals surface area contributed by atoms with E-state index in [9.17, 15) is 4.39 Å². The van der Waals surface area contributed by atoms with Crippen LogP contribution in [-0.2, 0) is 0 Å². The summed E-state index contributed by atoms with van der Waals surface area (Å²) in [6, 6.07) is 2.56. The number of ether oxygens (including phenoxy) is 1. The summed E-state index contributed by atoms with van der Waals surface area (Å²) in [6.45, 7) is 1.72. The van der Waals surface area contributed by atoms with Gasteiger partial charge in [-0.15, -0.1) is 0 Å². The lowest BCUT2D eigenvalue weighted by Gasteiger charge is -2.06. The first-order valence-electron chi connectivity index (χ1n) is 4.29. The molecular weight excluding hydrogens is 219 g/mol. The highest BCUT2D eigenvalue weighted by Crippen LogP contribution is 2.29. The molecule has 5 heteroatoms. The van der Waals surface area contributed by atoms with Gasteiger partial charge >= 0.3 is 0 Å². The molecule has 3 nitrogen and oxygen atoms in total. The van der Waals surface area contributed by atoms with Crippen molar-refractivity contribution in [3.63, 3.8) is 0 Å². The summed E-state index contributed by atoms with van der Waals surface area (Å²) < 4.78 is 18.2. The number of methoxy groups -OCH3 is 1. The summed E-state index contributed by atoms with van der Waals surface area (Å²) >= 11 is 5.89. The van der Waals surface area contributed by atoms with Gasteiger partial charge in [-0.2, -0.15) is 0 Å². The van der Waals surface area contributed by atoms with Gasteiger partial charge in [0.25, 0.3) is 0 Å². The van der Waals surface area contributed by atoms with E-state index in [1.165, 1.54) is 19.2 Å². The molecule has 0 aliphatic heterocycles. The predicted octanol–water partition coefficient (Wildman–Crippen LogP) is 2.74. The number of halogens is 2. The van der Waals surface area contributed by atoms with Gasteiger partial charge in [0.1, 0.15) is 28.1 Å². The monoisotopic (exact) mass is 226 g/mol. The number of nitrogens with zero attached hydrogens (tertiary/aromatic N) is 2. The molecule has 0 fully saturated rings. The van der Waals surface area contributed by atoms with Crippen LogP contribution in [0.3, 0.4) is 0 Å². The second-order valence-electron chi connectivity index (χ2n) is 3.07. The SMILES string of the molecule is COc1cc(F)cc2c(Cl)nc(C)nc12. The molecule has 0 saturated carbocycles. The average Bonchev–Trinajstić information content (AvgIpc) is 2.18. The Morgan fingerprint density at radius 2 is 2.07 bits per heavy atom. The summed E-state index contributed by atoms with van der Waals surface area (Å²) in [7, 11) is 1.46. The molecule has 0 N–H and O–H groups in total. The van der Waals surface area contributed by atoms with Crippen LogP contribution in [0, 0.1) is 12.7 Å². The summed E-state index contributed by atoms with van der Waals surface area (Å²) in [5, 5.41) is 0.689. The molecule has 2 rings (SSSR count). The maximum Gasteiger partial charge on any atom is 0.148 e. The van der Waals surface area contributed by atoms with E-state index in [0.717, 1.165) is 0 Å². The second-order valence-corrected chi connectivity index (χ2v) is 3.42. The molecule has 2 aromatic rings. The van der Waals surface area contributed by atoms with Crippen molar-refractivity contribution in [1.82, 2.24) is 9.97 Å². The minimum atomic E-state index is -0.422. The van der Waals surface area contributed by atoms with E-state index in [0.29, 0.717) is 22.5 Å². The first kappa shape index (κ1) is 10.1. The van der Waals surface area contributed by atoms with Crippen molar-refractivity contribution in [2.45, 2.75) is 6.92 Å². The van der Waals surface area contributed by atoms with E-state index in [-0.39, 0.29) is 5.15 Å². The Labute approximate surface area is 90.9 Å². The Balaban J connectivity index is 2.89. The summed E-state index contributed by atoms with van der Waals surface area (Å²) in [6.07, 6.45) is 0. The van der Waals surface area contributed by atoms with E-state index in [4.69, 9.17) is 16.3 Å². The van der Waals surface area contributed by atoms with Crippen molar-refractivity contribution in [1.29, 1.82) is 0 Å². The van der Waals surface area contributed by atoms with Crippen molar-refractivity contribution < 1.29 is 9.13 Å². The lowest BCUT2D eigenvalue weighted by atomic mass is 10.2. The highest BCUT2D eigenvalue weighted by atomic mass is 35.5. The maximum atomic E-state index is 13.2. The van der Waals surface area contributed by atoms with Gasteiger partial charge in [-0.25, -0.2) is 14.4 Å². The molecule has 0 bridgehead atoms. The van der Waals surface area contributed by atoms with Gasteiger partial charge in [0.2, 0.25) is 0 Å². The van der Waals surface area contributed by atoms with E-state index < -0.39 is 5.82 Å². The van der Waals surface area contributed by atoms with E-state index >= 15 is 0 Å². The van der Waals surface area contributed by atoms with Gasteiger partial charge in [0, 0.05) is 11.5 Å². The fourth-order valence-corrected chi connectivity index (χ4v) is 1.66.